The molecule has 0 radical (unpaired) electrons. The zero-order valence-electron chi connectivity index (χ0n) is 8.99. The van der Waals surface area contributed by atoms with Crippen molar-refractivity contribution in [3.63, 3.8) is 0 Å². The lowest BCUT2D eigenvalue weighted by molar-refractivity contribution is -0.139. The van der Waals surface area contributed by atoms with Crippen molar-refractivity contribution >= 4 is 5.97 Å². The van der Waals surface area contributed by atoms with Crippen molar-refractivity contribution in [2.24, 2.45) is 5.73 Å². The highest BCUT2D eigenvalue weighted by Crippen LogP contribution is 1.86. The molecule has 0 spiro atoms. The quantitative estimate of drug-likeness (QED) is 0.487. The molecule has 0 aliphatic carbocycles. The first kappa shape index (κ1) is 13.4. The van der Waals surface area contributed by atoms with Gasteiger partial charge in [-0.1, -0.05) is 13.8 Å². The molecule has 0 rings (SSSR count). The number of hydrogen-bond acceptors (Lipinski definition) is 4. The molecule has 1 unspecified atom stereocenters. The summed E-state index contributed by atoms with van der Waals surface area (Å²) >= 11 is 0. The van der Waals surface area contributed by atoms with E-state index in [-0.39, 0.29) is 6.54 Å². The number of nitrogens with two attached hydrogens (primary N) is 1. The fourth-order valence-corrected chi connectivity index (χ4v) is 1.21. The van der Waals surface area contributed by atoms with Gasteiger partial charge in [-0.15, -0.1) is 0 Å². The summed E-state index contributed by atoms with van der Waals surface area (Å²) in [4.78, 5) is 12.8. The highest BCUT2D eigenvalue weighted by Gasteiger charge is 2.13. The second-order valence-electron chi connectivity index (χ2n) is 3.11. The first-order valence-electron chi connectivity index (χ1n) is 5.04. The third-order valence-electron chi connectivity index (χ3n) is 2.25. The molecule has 0 aromatic carbocycles. The van der Waals surface area contributed by atoms with Crippen LogP contribution in [0.1, 0.15) is 13.8 Å². The van der Waals surface area contributed by atoms with E-state index in [0.717, 1.165) is 19.6 Å². The van der Waals surface area contributed by atoms with Gasteiger partial charge in [0.2, 0.25) is 0 Å². The lowest BCUT2D eigenvalue weighted by Gasteiger charge is -2.19. The molecule has 14 heavy (non-hydrogen) atoms. The van der Waals surface area contributed by atoms with E-state index in [2.05, 4.69) is 24.1 Å². The van der Waals surface area contributed by atoms with Crippen molar-refractivity contribution in [2.75, 3.05) is 32.7 Å². The van der Waals surface area contributed by atoms with Gasteiger partial charge in [-0.25, -0.2) is 0 Å². The molecule has 5 nitrogen and oxygen atoms in total. The molecule has 84 valence electrons. The van der Waals surface area contributed by atoms with Crippen molar-refractivity contribution in [2.45, 2.75) is 19.9 Å². The number of nitrogens with one attached hydrogen (secondary N) is 1. The van der Waals surface area contributed by atoms with Gasteiger partial charge in [0.15, 0.2) is 0 Å². The third kappa shape index (κ3) is 5.16. The van der Waals surface area contributed by atoms with Crippen LogP contribution >= 0.6 is 0 Å². The Balaban J connectivity index is 3.65. The maximum atomic E-state index is 10.6. The summed E-state index contributed by atoms with van der Waals surface area (Å²) in [6.07, 6.45) is 0. The average Bonchev–Trinajstić information content (AvgIpc) is 2.18. The molecule has 5 heteroatoms. The summed E-state index contributed by atoms with van der Waals surface area (Å²) < 4.78 is 0. The van der Waals surface area contributed by atoms with Gasteiger partial charge in [-0.2, -0.15) is 0 Å². The molecule has 0 amide bonds. The van der Waals surface area contributed by atoms with Gasteiger partial charge in [0, 0.05) is 19.6 Å². The normalized spacial score (nSPS) is 13.1. The zero-order chi connectivity index (χ0) is 11.0. The molecule has 0 aromatic rings. The van der Waals surface area contributed by atoms with Crippen LogP contribution in [0.4, 0.5) is 0 Å². The van der Waals surface area contributed by atoms with Crippen LogP contribution in [0.25, 0.3) is 0 Å². The van der Waals surface area contributed by atoms with E-state index in [1.165, 1.54) is 0 Å². The number of carboxylic acid groups (broad SMARTS) is 1. The molecule has 0 aliphatic rings. The Hall–Kier alpha value is -0.650. The van der Waals surface area contributed by atoms with Crippen molar-refractivity contribution in [3.8, 4) is 0 Å². The minimum absolute atomic E-state index is 0.133. The zero-order valence-corrected chi connectivity index (χ0v) is 8.99. The topological polar surface area (TPSA) is 78.6 Å². The summed E-state index contributed by atoms with van der Waals surface area (Å²) in [6.45, 7) is 7.79. The Morgan fingerprint density at radius 2 is 2.07 bits per heavy atom. The molecular formula is C9H21N3O2. The largest absolute Gasteiger partial charge is 0.480 e. The van der Waals surface area contributed by atoms with Crippen LogP contribution in [0, 0.1) is 0 Å². The Morgan fingerprint density at radius 1 is 1.50 bits per heavy atom. The van der Waals surface area contributed by atoms with Gasteiger partial charge in [0.1, 0.15) is 6.04 Å². The Kier molecular flexibility index (Phi) is 7.37. The van der Waals surface area contributed by atoms with Crippen molar-refractivity contribution in [3.05, 3.63) is 0 Å². The molecule has 4 N–H and O–H groups in total. The summed E-state index contributed by atoms with van der Waals surface area (Å²) in [5, 5.41) is 11.6. The van der Waals surface area contributed by atoms with Crippen LogP contribution in [0.3, 0.4) is 0 Å². The molecule has 0 saturated heterocycles. The van der Waals surface area contributed by atoms with Gasteiger partial charge in [-0.05, 0) is 13.1 Å². The predicted octanol–water partition coefficient (Wildman–Crippen LogP) is -0.670. The number of hydrogen-bond donors (Lipinski definition) is 3. The number of likely N-dealkylation sites (N-methyl/N-ethyl adjacent to an activating group) is 1. The number of carbonyl (C=O) groups is 1. The van der Waals surface area contributed by atoms with E-state index in [9.17, 15) is 4.79 Å². The summed E-state index contributed by atoms with van der Waals surface area (Å²) in [7, 11) is 0. The van der Waals surface area contributed by atoms with Gasteiger partial charge in [0.25, 0.3) is 0 Å². The molecule has 0 saturated carbocycles. The third-order valence-corrected chi connectivity index (χ3v) is 2.25. The Bertz CT molecular complexity index is 160. The van der Waals surface area contributed by atoms with E-state index in [1.807, 2.05) is 0 Å². The maximum Gasteiger partial charge on any atom is 0.322 e. The van der Waals surface area contributed by atoms with E-state index in [1.54, 1.807) is 0 Å². The Morgan fingerprint density at radius 3 is 2.43 bits per heavy atom. The SMILES string of the molecule is CCN(CC)CCNC(CN)C(=O)O. The van der Waals surface area contributed by atoms with Crippen LogP contribution in [0.15, 0.2) is 0 Å². The maximum absolute atomic E-state index is 10.6. The molecule has 0 aromatic heterocycles. The summed E-state index contributed by atoms with van der Waals surface area (Å²) in [5.74, 6) is -0.882. The first-order chi connectivity index (χ1) is 6.65. The Labute approximate surface area is 85.3 Å². The van der Waals surface area contributed by atoms with E-state index < -0.39 is 12.0 Å². The standard InChI is InChI=1S/C9H21N3O2/c1-3-12(4-2)6-5-11-8(7-10)9(13)14/h8,11H,3-7,10H2,1-2H3,(H,13,14). The smallest absolute Gasteiger partial charge is 0.322 e. The summed E-state index contributed by atoms with van der Waals surface area (Å²) in [6, 6.07) is -0.620. The highest BCUT2D eigenvalue weighted by molar-refractivity contribution is 5.73. The average molecular weight is 203 g/mol. The van der Waals surface area contributed by atoms with Crippen LogP contribution in [0.5, 0.6) is 0 Å². The fourth-order valence-electron chi connectivity index (χ4n) is 1.21. The van der Waals surface area contributed by atoms with E-state index >= 15 is 0 Å². The van der Waals surface area contributed by atoms with Crippen LogP contribution in [-0.4, -0.2) is 54.7 Å². The van der Waals surface area contributed by atoms with Gasteiger partial charge >= 0.3 is 5.97 Å². The number of carboxylic acids is 1. The van der Waals surface area contributed by atoms with Crippen LogP contribution < -0.4 is 11.1 Å². The fraction of sp³-hybridized carbons (Fsp3) is 0.889. The second-order valence-corrected chi connectivity index (χ2v) is 3.11. The number of aliphatic carboxylic acids is 1. The van der Waals surface area contributed by atoms with E-state index in [0.29, 0.717) is 6.54 Å². The van der Waals surface area contributed by atoms with Crippen LogP contribution in [0.2, 0.25) is 0 Å². The van der Waals surface area contributed by atoms with Crippen LogP contribution in [-0.2, 0) is 4.79 Å². The minimum atomic E-state index is -0.882. The van der Waals surface area contributed by atoms with Gasteiger partial charge in [-0.3, -0.25) is 4.79 Å². The minimum Gasteiger partial charge on any atom is -0.480 e. The van der Waals surface area contributed by atoms with E-state index in [4.69, 9.17) is 10.8 Å². The van der Waals surface area contributed by atoms with Crippen molar-refractivity contribution < 1.29 is 9.90 Å². The molecule has 1 atom stereocenters. The molecule has 0 aliphatic heterocycles. The molecular weight excluding hydrogens is 182 g/mol. The number of rotatable bonds is 8. The number of nitrogens with zero attached hydrogens (tertiary/aromatic N) is 1. The van der Waals surface area contributed by atoms with Crippen molar-refractivity contribution in [1.29, 1.82) is 0 Å². The lowest BCUT2D eigenvalue weighted by atomic mass is 10.3. The monoisotopic (exact) mass is 203 g/mol. The summed E-state index contributed by atoms with van der Waals surface area (Å²) in [5.41, 5.74) is 5.30. The molecule has 0 heterocycles. The second kappa shape index (κ2) is 7.73. The predicted molar refractivity (Wildman–Crippen MR) is 56.3 cm³/mol. The molecule has 0 fully saturated rings. The molecule has 0 bridgehead atoms. The van der Waals surface area contributed by atoms with Crippen molar-refractivity contribution in [1.82, 2.24) is 10.2 Å². The van der Waals surface area contributed by atoms with Gasteiger partial charge < -0.3 is 21.1 Å². The highest BCUT2D eigenvalue weighted by atomic mass is 16.4. The first-order valence-corrected chi connectivity index (χ1v) is 5.04. The lowest BCUT2D eigenvalue weighted by Crippen LogP contribution is -2.45. The van der Waals surface area contributed by atoms with Gasteiger partial charge in [0.05, 0.1) is 0 Å².